The summed E-state index contributed by atoms with van der Waals surface area (Å²) < 4.78 is 0. The van der Waals surface area contributed by atoms with Gasteiger partial charge in [0.2, 0.25) is 11.8 Å². The van der Waals surface area contributed by atoms with E-state index in [1.165, 1.54) is 0 Å². The quantitative estimate of drug-likeness (QED) is 0.232. The van der Waals surface area contributed by atoms with Crippen molar-refractivity contribution < 1.29 is 19.5 Å². The summed E-state index contributed by atoms with van der Waals surface area (Å²) in [7, 11) is 1.60. The van der Waals surface area contributed by atoms with E-state index in [9.17, 15) is 14.4 Å². The van der Waals surface area contributed by atoms with Gasteiger partial charge in [0.25, 0.3) is 0 Å². The third-order valence-electron chi connectivity index (χ3n) is 3.68. The van der Waals surface area contributed by atoms with Gasteiger partial charge in [-0.2, -0.15) is 0 Å². The van der Waals surface area contributed by atoms with Crippen LogP contribution < -0.4 is 22.1 Å². The second kappa shape index (κ2) is 9.38. The van der Waals surface area contributed by atoms with E-state index in [-0.39, 0.29) is 18.7 Å². The first-order valence-corrected chi connectivity index (χ1v) is 7.66. The molecule has 1 rings (SSSR count). The Hall–Kier alpha value is -2.94. The number of amidine groups is 1. The van der Waals surface area contributed by atoms with Gasteiger partial charge in [-0.1, -0.05) is 24.3 Å². The Bertz CT molecular complexity index is 644. The van der Waals surface area contributed by atoms with Crippen LogP contribution in [0.25, 0.3) is 0 Å². The molecule has 2 amide bonds. The van der Waals surface area contributed by atoms with E-state index >= 15 is 0 Å². The molecule has 0 aliphatic rings. The van der Waals surface area contributed by atoms with E-state index in [4.69, 9.17) is 22.0 Å². The normalized spacial score (nSPS) is 12.8. The molecular formula is C16H23N5O4. The number of hydrogen-bond acceptors (Lipinski definition) is 5. The van der Waals surface area contributed by atoms with Crippen molar-refractivity contribution in [2.45, 2.75) is 31.3 Å². The van der Waals surface area contributed by atoms with Gasteiger partial charge >= 0.3 is 5.97 Å². The number of carboxylic acid groups (broad SMARTS) is 1. The molecule has 9 heteroatoms. The summed E-state index contributed by atoms with van der Waals surface area (Å²) in [4.78, 5) is 34.3. The SMILES string of the molecule is CNC(Cc1ccc(C(=N)N)cc1)C(=O)N[C@@H](CCC(=O)O)C(N)=O. The fourth-order valence-electron chi connectivity index (χ4n) is 2.21. The number of nitrogen functional groups attached to an aromatic ring is 1. The fourth-order valence-corrected chi connectivity index (χ4v) is 2.21. The number of nitrogens with two attached hydrogens (primary N) is 2. The monoisotopic (exact) mass is 349 g/mol. The van der Waals surface area contributed by atoms with E-state index in [0.717, 1.165) is 5.56 Å². The van der Waals surface area contributed by atoms with Crippen molar-refractivity contribution >= 4 is 23.6 Å². The number of aliphatic carboxylic acids is 1. The van der Waals surface area contributed by atoms with E-state index in [1.807, 2.05) is 0 Å². The molecule has 2 atom stereocenters. The van der Waals surface area contributed by atoms with Crippen LogP contribution in [0.5, 0.6) is 0 Å². The molecule has 8 N–H and O–H groups in total. The molecule has 9 nitrogen and oxygen atoms in total. The van der Waals surface area contributed by atoms with Crippen molar-refractivity contribution in [3.8, 4) is 0 Å². The number of carboxylic acids is 1. The summed E-state index contributed by atoms with van der Waals surface area (Å²) in [5.41, 5.74) is 12.0. The Balaban J connectivity index is 2.73. The molecule has 1 aromatic rings. The standard InChI is InChI=1S/C16H23N5O4/c1-20-12(8-9-2-4-10(5-3-9)14(17)18)16(25)21-11(15(19)24)6-7-13(22)23/h2-5,11-12,20H,6-8H2,1H3,(H3,17,18)(H2,19,24)(H,21,25)(H,22,23)/t11-,12?/m0/s1. The van der Waals surface area contributed by atoms with Crippen LogP contribution in [0.2, 0.25) is 0 Å². The highest BCUT2D eigenvalue weighted by Crippen LogP contribution is 2.08. The molecule has 0 radical (unpaired) electrons. The minimum atomic E-state index is -1.07. The summed E-state index contributed by atoms with van der Waals surface area (Å²) in [6.07, 6.45) is -0.00427. The summed E-state index contributed by atoms with van der Waals surface area (Å²) in [6, 6.07) is 5.20. The summed E-state index contributed by atoms with van der Waals surface area (Å²) in [5.74, 6) is -2.35. The third-order valence-corrected chi connectivity index (χ3v) is 3.68. The lowest BCUT2D eigenvalue weighted by Gasteiger charge is -2.20. The van der Waals surface area contributed by atoms with Crippen LogP contribution in [0, 0.1) is 5.41 Å². The summed E-state index contributed by atoms with van der Waals surface area (Å²) >= 11 is 0. The van der Waals surface area contributed by atoms with Crippen LogP contribution in [0.1, 0.15) is 24.0 Å². The molecule has 0 aliphatic heterocycles. The molecule has 1 aromatic carbocycles. The maximum atomic E-state index is 12.3. The number of nitrogens with one attached hydrogen (secondary N) is 3. The molecule has 0 heterocycles. The van der Waals surface area contributed by atoms with Crippen LogP contribution in [0.15, 0.2) is 24.3 Å². The summed E-state index contributed by atoms with van der Waals surface area (Å²) in [5, 5.41) is 21.4. The smallest absolute Gasteiger partial charge is 0.303 e. The number of likely N-dealkylation sites (N-methyl/N-ethyl adjacent to an activating group) is 1. The molecule has 0 saturated carbocycles. The second-order valence-corrected chi connectivity index (χ2v) is 5.55. The van der Waals surface area contributed by atoms with Crippen LogP contribution in [-0.2, 0) is 20.8 Å². The second-order valence-electron chi connectivity index (χ2n) is 5.55. The average Bonchev–Trinajstić information content (AvgIpc) is 2.56. The lowest BCUT2D eigenvalue weighted by molar-refractivity contribution is -0.137. The summed E-state index contributed by atoms with van der Waals surface area (Å²) in [6.45, 7) is 0. The zero-order valence-corrected chi connectivity index (χ0v) is 13.9. The van der Waals surface area contributed by atoms with Gasteiger partial charge in [-0.25, -0.2) is 0 Å². The number of carbonyl (C=O) groups is 3. The van der Waals surface area contributed by atoms with Crippen molar-refractivity contribution in [3.63, 3.8) is 0 Å². The Labute approximate surface area is 145 Å². The van der Waals surface area contributed by atoms with Crippen LogP contribution >= 0.6 is 0 Å². The van der Waals surface area contributed by atoms with Crippen molar-refractivity contribution in [3.05, 3.63) is 35.4 Å². The number of carbonyl (C=O) groups excluding carboxylic acids is 2. The molecular weight excluding hydrogens is 326 g/mol. The number of rotatable bonds is 10. The molecule has 0 fully saturated rings. The topological polar surface area (TPSA) is 171 Å². The molecule has 25 heavy (non-hydrogen) atoms. The van der Waals surface area contributed by atoms with Crippen LogP contribution in [0.4, 0.5) is 0 Å². The zero-order valence-electron chi connectivity index (χ0n) is 13.9. The Morgan fingerprint density at radius 2 is 1.76 bits per heavy atom. The van der Waals surface area contributed by atoms with Gasteiger partial charge in [0.15, 0.2) is 0 Å². The lowest BCUT2D eigenvalue weighted by Crippen LogP contribution is -2.52. The van der Waals surface area contributed by atoms with Gasteiger partial charge in [0, 0.05) is 12.0 Å². The van der Waals surface area contributed by atoms with Crippen molar-refractivity contribution in [2.24, 2.45) is 11.5 Å². The number of benzene rings is 1. The predicted octanol–water partition coefficient (Wildman–Crippen LogP) is -1.06. The molecule has 136 valence electrons. The molecule has 0 aromatic heterocycles. The number of hydrogen-bond donors (Lipinski definition) is 6. The van der Waals surface area contributed by atoms with Gasteiger partial charge in [0.1, 0.15) is 11.9 Å². The minimum Gasteiger partial charge on any atom is -0.481 e. The lowest BCUT2D eigenvalue weighted by atomic mass is 10.0. The van der Waals surface area contributed by atoms with E-state index in [2.05, 4.69) is 10.6 Å². The van der Waals surface area contributed by atoms with E-state index in [1.54, 1.807) is 31.3 Å². The highest BCUT2D eigenvalue weighted by atomic mass is 16.4. The molecule has 0 saturated heterocycles. The van der Waals surface area contributed by atoms with Gasteiger partial charge in [-0.15, -0.1) is 0 Å². The number of amides is 2. The first-order chi connectivity index (χ1) is 11.7. The molecule has 0 aliphatic carbocycles. The Morgan fingerprint density at radius 3 is 2.20 bits per heavy atom. The predicted molar refractivity (Wildman–Crippen MR) is 92.0 cm³/mol. The van der Waals surface area contributed by atoms with Crippen LogP contribution in [0.3, 0.4) is 0 Å². The first-order valence-electron chi connectivity index (χ1n) is 7.66. The largest absolute Gasteiger partial charge is 0.481 e. The first kappa shape index (κ1) is 20.1. The van der Waals surface area contributed by atoms with Gasteiger partial charge in [0.05, 0.1) is 6.04 Å². The van der Waals surface area contributed by atoms with Gasteiger partial charge in [-0.05, 0) is 25.5 Å². The number of primary amides is 1. The van der Waals surface area contributed by atoms with Gasteiger partial charge in [-0.3, -0.25) is 19.8 Å². The average molecular weight is 349 g/mol. The Kier molecular flexibility index (Phi) is 7.54. The van der Waals surface area contributed by atoms with Crippen molar-refractivity contribution in [1.29, 1.82) is 5.41 Å². The third kappa shape index (κ3) is 6.60. The van der Waals surface area contributed by atoms with E-state index < -0.39 is 29.9 Å². The molecule has 1 unspecified atom stereocenters. The molecule has 0 spiro atoms. The molecule has 0 bridgehead atoms. The van der Waals surface area contributed by atoms with Crippen LogP contribution in [-0.4, -0.2) is 47.9 Å². The minimum absolute atomic E-state index is 0.0443. The Morgan fingerprint density at radius 1 is 1.16 bits per heavy atom. The maximum absolute atomic E-state index is 12.3. The van der Waals surface area contributed by atoms with Crippen molar-refractivity contribution in [1.82, 2.24) is 10.6 Å². The highest BCUT2D eigenvalue weighted by molar-refractivity contribution is 5.95. The van der Waals surface area contributed by atoms with Gasteiger partial charge < -0.3 is 27.2 Å². The van der Waals surface area contributed by atoms with Crippen molar-refractivity contribution in [2.75, 3.05) is 7.05 Å². The fraction of sp³-hybridized carbons (Fsp3) is 0.375. The zero-order chi connectivity index (χ0) is 19.0. The maximum Gasteiger partial charge on any atom is 0.303 e. The highest BCUT2D eigenvalue weighted by Gasteiger charge is 2.24. The van der Waals surface area contributed by atoms with E-state index in [0.29, 0.717) is 12.0 Å².